The molecule has 0 bridgehead atoms. The monoisotopic (exact) mass is 261 g/mol. The summed E-state index contributed by atoms with van der Waals surface area (Å²) < 4.78 is 5.20. The normalized spacial score (nSPS) is 14.2. The van der Waals surface area contributed by atoms with E-state index in [-0.39, 0.29) is 5.91 Å². The Kier molecular flexibility index (Phi) is 2.52. The zero-order chi connectivity index (χ0) is 12.7. The van der Waals surface area contributed by atoms with E-state index in [9.17, 15) is 4.79 Å². The van der Waals surface area contributed by atoms with Gasteiger partial charge in [-0.3, -0.25) is 4.79 Å². The number of anilines is 2. The van der Waals surface area contributed by atoms with Gasteiger partial charge >= 0.3 is 0 Å². The van der Waals surface area contributed by atoms with Crippen molar-refractivity contribution in [3.05, 3.63) is 23.9 Å². The van der Waals surface area contributed by atoms with E-state index in [4.69, 9.17) is 10.3 Å². The Bertz CT molecular complexity index is 636. The highest BCUT2D eigenvalue weighted by atomic mass is 32.2. The molecule has 3 rings (SSSR count). The number of nitrogens with zero attached hydrogens (tertiary/aromatic N) is 1. The Labute approximate surface area is 108 Å². The Morgan fingerprint density at radius 3 is 3.06 bits per heavy atom. The quantitative estimate of drug-likeness (QED) is 0.823. The van der Waals surface area contributed by atoms with Gasteiger partial charge in [-0.25, -0.2) is 0 Å². The molecule has 0 fully saturated rings. The van der Waals surface area contributed by atoms with Gasteiger partial charge in [-0.1, -0.05) is 5.16 Å². The largest absolute Gasteiger partial charge is 0.394 e. The summed E-state index contributed by atoms with van der Waals surface area (Å²) in [5.41, 5.74) is 8.70. The van der Waals surface area contributed by atoms with Gasteiger partial charge in [0.1, 0.15) is 11.4 Å². The molecule has 0 aliphatic carbocycles. The summed E-state index contributed by atoms with van der Waals surface area (Å²) in [6.45, 7) is 1.79. The van der Waals surface area contributed by atoms with Crippen LogP contribution in [-0.4, -0.2) is 16.8 Å². The number of thioether (sulfide) groups is 1. The topological polar surface area (TPSA) is 81.2 Å². The number of nitrogens with one attached hydrogen (secondary N) is 1. The summed E-state index contributed by atoms with van der Waals surface area (Å²) in [7, 11) is 0. The molecule has 0 saturated heterocycles. The molecule has 0 radical (unpaired) electrons. The molecule has 2 heterocycles. The number of benzene rings is 1. The van der Waals surface area contributed by atoms with Gasteiger partial charge in [0.2, 0.25) is 5.91 Å². The van der Waals surface area contributed by atoms with Crippen molar-refractivity contribution < 1.29 is 9.32 Å². The standard InChI is InChI=1S/C12H11N3O2S/c1-6-11(13)12(17-15-6)7-2-3-9-8(4-7)14-10(16)5-18-9/h2-4H,5,13H2,1H3,(H,14,16). The summed E-state index contributed by atoms with van der Waals surface area (Å²) in [5, 5.41) is 6.66. The number of hydrogen-bond acceptors (Lipinski definition) is 5. The van der Waals surface area contributed by atoms with Crippen LogP contribution in [-0.2, 0) is 4.79 Å². The van der Waals surface area contributed by atoms with Crippen LogP contribution in [0.1, 0.15) is 5.69 Å². The lowest BCUT2D eigenvalue weighted by molar-refractivity contribution is -0.113. The van der Waals surface area contributed by atoms with Crippen molar-refractivity contribution in [1.82, 2.24) is 5.16 Å². The molecule has 1 aromatic carbocycles. The summed E-state index contributed by atoms with van der Waals surface area (Å²) >= 11 is 1.52. The fourth-order valence-electron chi connectivity index (χ4n) is 1.81. The molecule has 1 amide bonds. The Morgan fingerprint density at radius 2 is 2.33 bits per heavy atom. The number of fused-ring (bicyclic) bond motifs is 1. The minimum atomic E-state index is 0.00590. The second kappa shape index (κ2) is 4.06. The van der Waals surface area contributed by atoms with E-state index in [1.807, 2.05) is 18.2 Å². The van der Waals surface area contributed by atoms with E-state index >= 15 is 0 Å². The van der Waals surface area contributed by atoms with Crippen LogP contribution < -0.4 is 11.1 Å². The third-order valence-electron chi connectivity index (χ3n) is 2.78. The van der Waals surface area contributed by atoms with Crippen LogP contribution in [0.25, 0.3) is 11.3 Å². The summed E-state index contributed by atoms with van der Waals surface area (Å²) in [6.07, 6.45) is 0. The molecule has 18 heavy (non-hydrogen) atoms. The SMILES string of the molecule is Cc1noc(-c2ccc3c(c2)NC(=O)CS3)c1N. The second-order valence-electron chi connectivity index (χ2n) is 4.06. The lowest BCUT2D eigenvalue weighted by Crippen LogP contribution is -2.18. The van der Waals surface area contributed by atoms with Crippen molar-refractivity contribution in [1.29, 1.82) is 0 Å². The van der Waals surface area contributed by atoms with Gasteiger partial charge < -0.3 is 15.6 Å². The van der Waals surface area contributed by atoms with Crippen LogP contribution in [0.3, 0.4) is 0 Å². The predicted molar refractivity (Wildman–Crippen MR) is 70.4 cm³/mol. The van der Waals surface area contributed by atoms with Crippen molar-refractivity contribution >= 4 is 29.0 Å². The first kappa shape index (κ1) is 11.2. The van der Waals surface area contributed by atoms with E-state index in [0.29, 0.717) is 22.9 Å². The van der Waals surface area contributed by atoms with E-state index in [2.05, 4.69) is 10.5 Å². The maximum absolute atomic E-state index is 11.4. The molecule has 1 aromatic heterocycles. The average Bonchev–Trinajstić information content (AvgIpc) is 2.69. The number of aromatic nitrogens is 1. The summed E-state index contributed by atoms with van der Waals surface area (Å²) in [4.78, 5) is 12.4. The third-order valence-corrected chi connectivity index (χ3v) is 3.86. The lowest BCUT2D eigenvalue weighted by atomic mass is 10.1. The smallest absolute Gasteiger partial charge is 0.234 e. The average molecular weight is 261 g/mol. The first-order chi connectivity index (χ1) is 8.65. The van der Waals surface area contributed by atoms with E-state index < -0.39 is 0 Å². The number of aryl methyl sites for hydroxylation is 1. The highest BCUT2D eigenvalue weighted by Crippen LogP contribution is 2.36. The predicted octanol–water partition coefficient (Wildman–Crippen LogP) is 2.28. The number of carbonyl (C=O) groups is 1. The zero-order valence-corrected chi connectivity index (χ0v) is 10.5. The minimum Gasteiger partial charge on any atom is -0.394 e. The van der Waals surface area contributed by atoms with Crippen molar-refractivity contribution in [3.63, 3.8) is 0 Å². The molecule has 1 aliphatic heterocycles. The van der Waals surface area contributed by atoms with Crippen molar-refractivity contribution in [3.8, 4) is 11.3 Å². The van der Waals surface area contributed by atoms with Crippen LogP contribution in [0.15, 0.2) is 27.6 Å². The number of amides is 1. The molecule has 92 valence electrons. The molecule has 0 atom stereocenters. The molecule has 0 saturated carbocycles. The fraction of sp³-hybridized carbons (Fsp3) is 0.167. The lowest BCUT2D eigenvalue weighted by Gasteiger charge is -2.16. The molecule has 1 aliphatic rings. The van der Waals surface area contributed by atoms with Gasteiger partial charge in [-0.2, -0.15) is 0 Å². The number of carbonyl (C=O) groups excluding carboxylic acids is 1. The zero-order valence-electron chi connectivity index (χ0n) is 9.69. The molecular formula is C12H11N3O2S. The number of rotatable bonds is 1. The second-order valence-corrected chi connectivity index (χ2v) is 5.08. The van der Waals surface area contributed by atoms with E-state index in [0.717, 1.165) is 16.1 Å². The van der Waals surface area contributed by atoms with Gasteiger partial charge in [-0.05, 0) is 25.1 Å². The van der Waals surface area contributed by atoms with Crippen molar-refractivity contribution in [2.45, 2.75) is 11.8 Å². The highest BCUT2D eigenvalue weighted by Gasteiger charge is 2.18. The van der Waals surface area contributed by atoms with E-state index in [1.54, 1.807) is 6.92 Å². The van der Waals surface area contributed by atoms with Crippen LogP contribution in [0.2, 0.25) is 0 Å². The first-order valence-corrected chi connectivity index (χ1v) is 6.42. The number of nitrogen functional groups attached to an aromatic ring is 1. The molecule has 2 aromatic rings. The van der Waals surface area contributed by atoms with Crippen LogP contribution >= 0.6 is 11.8 Å². The van der Waals surface area contributed by atoms with Crippen LogP contribution in [0, 0.1) is 6.92 Å². The number of hydrogen-bond donors (Lipinski definition) is 2. The first-order valence-electron chi connectivity index (χ1n) is 5.44. The molecule has 6 heteroatoms. The third kappa shape index (κ3) is 1.74. The summed E-state index contributed by atoms with van der Waals surface area (Å²) in [5.74, 6) is 1.00. The van der Waals surface area contributed by atoms with Crippen molar-refractivity contribution in [2.24, 2.45) is 0 Å². The molecule has 5 nitrogen and oxygen atoms in total. The van der Waals surface area contributed by atoms with Crippen LogP contribution in [0.5, 0.6) is 0 Å². The molecule has 0 unspecified atom stereocenters. The Hall–Kier alpha value is -1.95. The Morgan fingerprint density at radius 1 is 1.50 bits per heavy atom. The van der Waals surface area contributed by atoms with Crippen LogP contribution in [0.4, 0.5) is 11.4 Å². The van der Waals surface area contributed by atoms with E-state index in [1.165, 1.54) is 11.8 Å². The highest BCUT2D eigenvalue weighted by molar-refractivity contribution is 8.00. The minimum absolute atomic E-state index is 0.00590. The number of nitrogens with two attached hydrogens (primary N) is 1. The molecule has 3 N–H and O–H groups in total. The Balaban J connectivity index is 2.07. The van der Waals surface area contributed by atoms with Gasteiger partial charge in [-0.15, -0.1) is 11.8 Å². The van der Waals surface area contributed by atoms with Gasteiger partial charge in [0.25, 0.3) is 0 Å². The fourth-order valence-corrected chi connectivity index (χ4v) is 2.60. The molecule has 0 spiro atoms. The van der Waals surface area contributed by atoms with Gasteiger partial charge in [0, 0.05) is 10.5 Å². The van der Waals surface area contributed by atoms with Gasteiger partial charge in [0.15, 0.2) is 5.76 Å². The van der Waals surface area contributed by atoms with Crippen molar-refractivity contribution in [2.75, 3.05) is 16.8 Å². The maximum Gasteiger partial charge on any atom is 0.234 e. The summed E-state index contributed by atoms with van der Waals surface area (Å²) in [6, 6.07) is 5.72. The maximum atomic E-state index is 11.4. The molecular weight excluding hydrogens is 250 g/mol. The van der Waals surface area contributed by atoms with Gasteiger partial charge in [0.05, 0.1) is 11.4 Å².